The number of hydrogen-bond acceptors (Lipinski definition) is 6. The minimum Gasteiger partial charge on any atom is -0.494 e. The highest BCUT2D eigenvalue weighted by Gasteiger charge is 2.34. The fraction of sp³-hybridized carbons (Fsp3) is 0.364. The van der Waals surface area contributed by atoms with Gasteiger partial charge in [-0.1, -0.05) is 6.07 Å². The van der Waals surface area contributed by atoms with Gasteiger partial charge in [-0.25, -0.2) is 0 Å². The number of benzene rings is 1. The van der Waals surface area contributed by atoms with Crippen molar-refractivity contribution in [2.45, 2.75) is 32.6 Å². The standard InChI is InChI=1S/C22H24N4O4/c1-11(23)14-4-3-5-15(20(14)30-2)24-16-10-17(25-21(28)13-8-9-13)26-22(29)18(16)19(27)12-6-7-12/h3-5,10,12-13,23H,6-9H2,1-2H3,(H3,24,25,26,28,29). The molecule has 8 nitrogen and oxygen atoms in total. The van der Waals surface area contributed by atoms with Crippen molar-refractivity contribution in [3.05, 3.63) is 45.7 Å². The van der Waals surface area contributed by atoms with Crippen LogP contribution in [-0.2, 0) is 4.79 Å². The Morgan fingerprint density at radius 3 is 2.43 bits per heavy atom. The van der Waals surface area contributed by atoms with Crippen molar-refractivity contribution >= 4 is 34.6 Å². The number of carbonyl (C=O) groups is 2. The molecule has 0 saturated heterocycles. The topological polar surface area (TPSA) is 124 Å². The van der Waals surface area contributed by atoms with Gasteiger partial charge in [0.2, 0.25) is 5.91 Å². The molecule has 2 aromatic rings. The van der Waals surface area contributed by atoms with Crippen molar-refractivity contribution in [1.82, 2.24) is 4.98 Å². The molecule has 1 aromatic carbocycles. The number of rotatable bonds is 8. The van der Waals surface area contributed by atoms with E-state index in [0.29, 0.717) is 28.4 Å². The highest BCUT2D eigenvalue weighted by molar-refractivity contribution is 6.06. The van der Waals surface area contributed by atoms with Gasteiger partial charge in [-0.2, -0.15) is 0 Å². The van der Waals surface area contributed by atoms with Crippen molar-refractivity contribution in [3.8, 4) is 5.75 Å². The van der Waals surface area contributed by atoms with Crippen molar-refractivity contribution in [1.29, 1.82) is 5.41 Å². The van der Waals surface area contributed by atoms with E-state index in [0.717, 1.165) is 25.7 Å². The van der Waals surface area contributed by atoms with Gasteiger partial charge >= 0.3 is 0 Å². The van der Waals surface area contributed by atoms with Crippen LogP contribution in [0.4, 0.5) is 17.2 Å². The smallest absolute Gasteiger partial charge is 0.262 e. The third-order valence-electron chi connectivity index (χ3n) is 5.33. The van der Waals surface area contributed by atoms with E-state index in [-0.39, 0.29) is 34.9 Å². The van der Waals surface area contributed by atoms with E-state index in [9.17, 15) is 14.4 Å². The summed E-state index contributed by atoms with van der Waals surface area (Å²) in [7, 11) is 1.50. The molecule has 0 aliphatic heterocycles. The number of amides is 1. The summed E-state index contributed by atoms with van der Waals surface area (Å²) >= 11 is 0. The zero-order chi connectivity index (χ0) is 21.4. The maximum absolute atomic E-state index is 12.8. The van der Waals surface area contributed by atoms with Gasteiger partial charge in [0.25, 0.3) is 5.56 Å². The van der Waals surface area contributed by atoms with Crippen LogP contribution >= 0.6 is 0 Å². The lowest BCUT2D eigenvalue weighted by Gasteiger charge is -2.17. The number of anilines is 3. The fourth-order valence-electron chi connectivity index (χ4n) is 3.40. The number of ether oxygens (including phenoxy) is 1. The fourth-order valence-corrected chi connectivity index (χ4v) is 3.40. The van der Waals surface area contributed by atoms with Crippen LogP contribution in [0.1, 0.15) is 48.5 Å². The number of pyridine rings is 1. The number of para-hydroxylation sites is 1. The Morgan fingerprint density at radius 1 is 1.13 bits per heavy atom. The predicted molar refractivity (Wildman–Crippen MR) is 114 cm³/mol. The number of methoxy groups -OCH3 is 1. The molecule has 0 unspecified atom stereocenters. The Bertz CT molecular complexity index is 1100. The molecule has 156 valence electrons. The minimum atomic E-state index is -0.540. The Kier molecular flexibility index (Phi) is 5.15. The largest absolute Gasteiger partial charge is 0.494 e. The van der Waals surface area contributed by atoms with Crippen molar-refractivity contribution in [3.63, 3.8) is 0 Å². The maximum atomic E-state index is 12.8. The summed E-state index contributed by atoms with van der Waals surface area (Å²) in [6.45, 7) is 1.66. The van der Waals surface area contributed by atoms with Crippen molar-refractivity contribution in [2.24, 2.45) is 11.8 Å². The van der Waals surface area contributed by atoms with Gasteiger partial charge in [-0.15, -0.1) is 0 Å². The third-order valence-corrected chi connectivity index (χ3v) is 5.33. The van der Waals surface area contributed by atoms with Gasteiger partial charge in [-0.05, 0) is 44.7 Å². The lowest BCUT2D eigenvalue weighted by atomic mass is 10.1. The molecular weight excluding hydrogens is 384 g/mol. The van der Waals surface area contributed by atoms with Crippen LogP contribution in [0.15, 0.2) is 29.1 Å². The average Bonchev–Trinajstić information content (AvgIpc) is 3.59. The van der Waals surface area contributed by atoms with Gasteiger partial charge in [0.1, 0.15) is 11.4 Å². The van der Waals surface area contributed by atoms with E-state index in [1.54, 1.807) is 31.2 Å². The molecule has 0 bridgehead atoms. The number of hydrogen-bond donors (Lipinski definition) is 4. The molecule has 4 N–H and O–H groups in total. The Morgan fingerprint density at radius 2 is 1.83 bits per heavy atom. The summed E-state index contributed by atoms with van der Waals surface area (Å²) in [6.07, 6.45) is 3.21. The summed E-state index contributed by atoms with van der Waals surface area (Å²) in [4.78, 5) is 40.4. The number of aromatic nitrogens is 1. The zero-order valence-corrected chi connectivity index (χ0v) is 16.9. The summed E-state index contributed by atoms with van der Waals surface area (Å²) < 4.78 is 5.49. The molecule has 8 heteroatoms. The minimum absolute atomic E-state index is 0.0231. The number of H-pyrrole nitrogens is 1. The number of aromatic amines is 1. The molecular formula is C22H24N4O4. The van der Waals surface area contributed by atoms with E-state index in [2.05, 4.69) is 15.6 Å². The summed E-state index contributed by atoms with van der Waals surface area (Å²) in [6, 6.07) is 6.85. The first-order valence-electron chi connectivity index (χ1n) is 10.0. The monoisotopic (exact) mass is 408 g/mol. The highest BCUT2D eigenvalue weighted by atomic mass is 16.5. The second kappa shape index (κ2) is 7.78. The molecule has 0 spiro atoms. The van der Waals surface area contributed by atoms with Crippen LogP contribution in [0.2, 0.25) is 0 Å². The van der Waals surface area contributed by atoms with Crippen LogP contribution in [0, 0.1) is 17.2 Å². The van der Waals surface area contributed by atoms with E-state index in [1.165, 1.54) is 7.11 Å². The molecule has 2 saturated carbocycles. The normalized spacial score (nSPS) is 15.4. The Hall–Kier alpha value is -3.42. The molecule has 0 atom stereocenters. The molecule has 2 aliphatic rings. The van der Waals surface area contributed by atoms with Crippen LogP contribution in [0.25, 0.3) is 0 Å². The summed E-state index contributed by atoms with van der Waals surface area (Å²) in [5, 5.41) is 13.8. The Labute approximate surface area is 173 Å². The quantitative estimate of drug-likeness (QED) is 0.393. The Balaban J connectivity index is 1.76. The van der Waals surface area contributed by atoms with Crippen LogP contribution < -0.4 is 20.9 Å². The molecule has 2 aliphatic carbocycles. The lowest BCUT2D eigenvalue weighted by molar-refractivity contribution is -0.117. The molecule has 1 amide bonds. The van der Waals surface area contributed by atoms with E-state index < -0.39 is 5.56 Å². The first-order chi connectivity index (χ1) is 14.4. The number of Topliss-reactive ketones (excluding diaryl/α,β-unsaturated/α-hetero) is 1. The second-order valence-electron chi connectivity index (χ2n) is 7.84. The first-order valence-corrected chi connectivity index (χ1v) is 10.0. The molecule has 30 heavy (non-hydrogen) atoms. The van der Waals surface area contributed by atoms with E-state index in [1.807, 2.05) is 0 Å². The van der Waals surface area contributed by atoms with Crippen molar-refractivity contribution < 1.29 is 14.3 Å². The molecule has 0 radical (unpaired) electrons. The van der Waals surface area contributed by atoms with Gasteiger partial charge in [0.05, 0.1) is 18.5 Å². The average molecular weight is 408 g/mol. The number of ketones is 1. The predicted octanol–water partition coefficient (Wildman–Crippen LogP) is 3.46. The van der Waals surface area contributed by atoms with Gasteiger partial charge in [-0.3, -0.25) is 14.4 Å². The summed E-state index contributed by atoms with van der Waals surface area (Å²) in [5.41, 5.74) is 1.26. The van der Waals surface area contributed by atoms with E-state index in [4.69, 9.17) is 10.1 Å². The van der Waals surface area contributed by atoms with Crippen LogP contribution in [0.3, 0.4) is 0 Å². The molecule has 2 fully saturated rings. The van der Waals surface area contributed by atoms with Crippen LogP contribution in [0.5, 0.6) is 5.75 Å². The number of nitrogens with one attached hydrogen (secondary N) is 4. The van der Waals surface area contributed by atoms with Gasteiger partial charge in [0.15, 0.2) is 11.5 Å². The lowest BCUT2D eigenvalue weighted by Crippen LogP contribution is -2.24. The number of carbonyl (C=O) groups excluding carboxylic acids is 2. The van der Waals surface area contributed by atoms with Gasteiger partial charge in [0, 0.05) is 29.2 Å². The second-order valence-corrected chi connectivity index (χ2v) is 7.84. The summed E-state index contributed by atoms with van der Waals surface area (Å²) in [5.74, 6) is 0.165. The van der Waals surface area contributed by atoms with Crippen molar-refractivity contribution in [2.75, 3.05) is 17.7 Å². The third kappa shape index (κ3) is 3.98. The van der Waals surface area contributed by atoms with Crippen LogP contribution in [-0.4, -0.2) is 29.5 Å². The molecule has 1 heterocycles. The molecule has 4 rings (SSSR count). The van der Waals surface area contributed by atoms with E-state index >= 15 is 0 Å². The SMILES string of the molecule is COc1c(Nc2cc(NC(=O)C3CC3)[nH]c(=O)c2C(=O)C2CC2)cccc1C(C)=N. The zero-order valence-electron chi connectivity index (χ0n) is 16.9. The first kappa shape index (κ1) is 19.9. The maximum Gasteiger partial charge on any atom is 0.262 e. The highest BCUT2D eigenvalue weighted by Crippen LogP contribution is 2.37. The molecule has 1 aromatic heterocycles. The van der Waals surface area contributed by atoms with Gasteiger partial charge < -0.3 is 25.8 Å².